The molecule has 1 unspecified atom stereocenters. The molecule has 0 aromatic carbocycles. The van der Waals surface area contributed by atoms with E-state index in [9.17, 15) is 14.7 Å². The van der Waals surface area contributed by atoms with Gasteiger partial charge in [-0.1, -0.05) is 0 Å². The third-order valence-electron chi connectivity index (χ3n) is 7.38. The molecule has 152 valence electrons. The second kappa shape index (κ2) is 6.29. The van der Waals surface area contributed by atoms with Crippen molar-refractivity contribution in [3.63, 3.8) is 0 Å². The van der Waals surface area contributed by atoms with Crippen LogP contribution in [0.25, 0.3) is 11.2 Å². The maximum Gasteiger partial charge on any atom is 0.332 e. The molecule has 2 N–H and O–H groups in total. The summed E-state index contributed by atoms with van der Waals surface area (Å²) < 4.78 is 4.12. The molecule has 0 aliphatic heterocycles. The smallest absolute Gasteiger partial charge is 0.332 e. The van der Waals surface area contributed by atoms with Gasteiger partial charge in [0, 0.05) is 26.2 Å². The summed E-state index contributed by atoms with van der Waals surface area (Å²) in [5.74, 6) is 2.58. The number of fused-ring (bicyclic) bond motifs is 1. The molecule has 1 atom stereocenters. The fraction of sp³-hybridized carbons (Fsp3) is 0.750. The van der Waals surface area contributed by atoms with Gasteiger partial charge in [0.15, 0.2) is 11.2 Å². The number of rotatable bonds is 5. The largest absolute Gasteiger partial charge is 0.390 e. The van der Waals surface area contributed by atoms with E-state index in [-0.39, 0.29) is 17.6 Å². The zero-order valence-electron chi connectivity index (χ0n) is 16.6. The number of imidazole rings is 1. The molecule has 28 heavy (non-hydrogen) atoms. The second-order valence-corrected chi connectivity index (χ2v) is 9.51. The van der Waals surface area contributed by atoms with Crippen LogP contribution in [0, 0.1) is 17.8 Å². The molecule has 6 rings (SSSR count). The fourth-order valence-corrected chi connectivity index (χ4v) is 6.49. The quantitative estimate of drug-likeness (QED) is 0.772. The van der Waals surface area contributed by atoms with Crippen molar-refractivity contribution in [3.05, 3.63) is 27.2 Å². The van der Waals surface area contributed by atoms with E-state index in [0.29, 0.717) is 17.7 Å². The van der Waals surface area contributed by atoms with Crippen LogP contribution in [0.3, 0.4) is 0 Å². The van der Waals surface area contributed by atoms with Crippen molar-refractivity contribution in [1.82, 2.24) is 24.0 Å². The Morgan fingerprint density at radius 3 is 2.36 bits per heavy atom. The maximum atomic E-state index is 12.5. The average molecular weight is 387 g/mol. The maximum absolute atomic E-state index is 12.5. The van der Waals surface area contributed by atoms with Gasteiger partial charge in [-0.05, 0) is 56.3 Å². The Morgan fingerprint density at radius 1 is 1.14 bits per heavy atom. The molecule has 0 spiro atoms. The number of hydrogen-bond donors (Lipinski definition) is 2. The summed E-state index contributed by atoms with van der Waals surface area (Å²) in [7, 11) is 3.07. The van der Waals surface area contributed by atoms with Gasteiger partial charge in [0.1, 0.15) is 0 Å². The first-order valence-electron chi connectivity index (χ1n) is 10.4. The predicted molar refractivity (Wildman–Crippen MR) is 105 cm³/mol. The van der Waals surface area contributed by atoms with Gasteiger partial charge >= 0.3 is 5.69 Å². The van der Waals surface area contributed by atoms with Gasteiger partial charge in [-0.3, -0.25) is 13.9 Å². The number of aliphatic hydroxyl groups is 1. The number of β-amino-alcohol motifs (C(OH)–C–C–N with tert-alkyl or cyclic N) is 1. The Bertz CT molecular complexity index is 998. The van der Waals surface area contributed by atoms with Gasteiger partial charge < -0.3 is 15.0 Å². The molecule has 4 aliphatic carbocycles. The van der Waals surface area contributed by atoms with Crippen LogP contribution in [-0.2, 0) is 20.6 Å². The minimum atomic E-state index is -0.618. The lowest BCUT2D eigenvalue weighted by molar-refractivity contribution is -0.0253. The first-order chi connectivity index (χ1) is 13.3. The second-order valence-electron chi connectivity index (χ2n) is 9.51. The summed E-state index contributed by atoms with van der Waals surface area (Å²) in [6.45, 7) is 0.793. The third-order valence-corrected chi connectivity index (χ3v) is 7.38. The standard InChI is InChI=1S/C20H29N5O3/c1-23-17-16(18(27)24(2)19(23)28)25(11-21-17)10-15(26)9-22-20-6-12-3-13(7-20)5-14(4-12)8-20/h11-15,22,26H,3-10H2,1-2H3. The highest BCUT2D eigenvalue weighted by atomic mass is 16.3. The lowest BCUT2D eigenvalue weighted by Gasteiger charge is -2.57. The number of nitrogens with one attached hydrogen (secondary N) is 1. The molecule has 0 saturated heterocycles. The van der Waals surface area contributed by atoms with E-state index in [0.717, 1.165) is 22.3 Å². The molecule has 8 heteroatoms. The van der Waals surface area contributed by atoms with Gasteiger partial charge in [0.2, 0.25) is 0 Å². The van der Waals surface area contributed by atoms with Gasteiger partial charge in [-0.2, -0.15) is 0 Å². The lowest BCUT2D eigenvalue weighted by Crippen LogP contribution is -2.59. The monoisotopic (exact) mass is 387 g/mol. The van der Waals surface area contributed by atoms with Crippen LogP contribution in [0.4, 0.5) is 0 Å². The summed E-state index contributed by atoms with van der Waals surface area (Å²) >= 11 is 0. The highest BCUT2D eigenvalue weighted by molar-refractivity contribution is 5.69. The van der Waals surface area contributed by atoms with Gasteiger partial charge in [-0.15, -0.1) is 0 Å². The summed E-state index contributed by atoms with van der Waals surface area (Å²) in [5.41, 5.74) is 0.142. The predicted octanol–water partition coefficient (Wildman–Crippen LogP) is 0.353. The summed E-state index contributed by atoms with van der Waals surface area (Å²) in [4.78, 5) is 28.8. The minimum absolute atomic E-state index is 0.201. The Balaban J connectivity index is 1.32. The Hall–Kier alpha value is -1.93. The van der Waals surface area contributed by atoms with Crippen LogP contribution >= 0.6 is 0 Å². The number of aryl methyl sites for hydroxylation is 1. The minimum Gasteiger partial charge on any atom is -0.390 e. The van der Waals surface area contributed by atoms with Crippen LogP contribution in [0.2, 0.25) is 0 Å². The lowest BCUT2D eigenvalue weighted by atomic mass is 9.53. The molecule has 2 heterocycles. The molecule has 4 aliphatic rings. The molecule has 2 aromatic rings. The van der Waals surface area contributed by atoms with Crippen LogP contribution in [-0.4, -0.2) is 42.0 Å². The Kier molecular flexibility index (Phi) is 4.07. The van der Waals surface area contributed by atoms with Crippen LogP contribution in [0.5, 0.6) is 0 Å². The molecule has 4 saturated carbocycles. The normalized spacial score (nSPS) is 32.3. The molecule has 4 fully saturated rings. The van der Waals surface area contributed by atoms with Crippen LogP contribution in [0.15, 0.2) is 15.9 Å². The Labute approximate surface area is 163 Å². The van der Waals surface area contributed by atoms with E-state index in [1.807, 2.05) is 0 Å². The number of aliphatic hydroxyl groups excluding tert-OH is 1. The van der Waals surface area contributed by atoms with Crippen LogP contribution < -0.4 is 16.6 Å². The molecule has 0 radical (unpaired) electrons. The van der Waals surface area contributed by atoms with Gasteiger partial charge in [-0.25, -0.2) is 9.78 Å². The fourth-order valence-electron chi connectivity index (χ4n) is 6.49. The van der Waals surface area contributed by atoms with Gasteiger partial charge in [0.25, 0.3) is 5.56 Å². The molecular weight excluding hydrogens is 358 g/mol. The third kappa shape index (κ3) is 2.76. The first kappa shape index (κ1) is 18.1. The van der Waals surface area contributed by atoms with Crippen molar-refractivity contribution in [1.29, 1.82) is 0 Å². The van der Waals surface area contributed by atoms with Crippen molar-refractivity contribution in [2.75, 3.05) is 6.54 Å². The van der Waals surface area contributed by atoms with Crippen molar-refractivity contribution in [3.8, 4) is 0 Å². The zero-order valence-corrected chi connectivity index (χ0v) is 16.6. The highest BCUT2D eigenvalue weighted by Crippen LogP contribution is 2.55. The molecule has 8 nitrogen and oxygen atoms in total. The molecule has 2 aromatic heterocycles. The van der Waals surface area contributed by atoms with E-state index in [4.69, 9.17) is 0 Å². The van der Waals surface area contributed by atoms with E-state index < -0.39 is 11.8 Å². The number of aromatic nitrogens is 4. The Morgan fingerprint density at radius 2 is 1.75 bits per heavy atom. The van der Waals surface area contributed by atoms with Crippen LogP contribution in [0.1, 0.15) is 38.5 Å². The van der Waals surface area contributed by atoms with Crippen molar-refractivity contribution in [2.24, 2.45) is 31.8 Å². The summed E-state index contributed by atoms with van der Waals surface area (Å²) in [5, 5.41) is 14.4. The van der Waals surface area contributed by atoms with Crippen molar-refractivity contribution in [2.45, 2.75) is 56.7 Å². The van der Waals surface area contributed by atoms with Crippen molar-refractivity contribution < 1.29 is 5.11 Å². The van der Waals surface area contributed by atoms with E-state index >= 15 is 0 Å². The SMILES string of the molecule is Cn1c(=O)c2c(ncn2CC(O)CNC23CC4CC(CC(C4)C2)C3)n(C)c1=O. The number of hydrogen-bond acceptors (Lipinski definition) is 5. The van der Waals surface area contributed by atoms with E-state index in [1.54, 1.807) is 17.9 Å². The highest BCUT2D eigenvalue weighted by Gasteiger charge is 2.50. The average Bonchev–Trinajstić information content (AvgIpc) is 3.06. The molecular formula is C20H29N5O3. The first-order valence-corrected chi connectivity index (χ1v) is 10.4. The zero-order chi connectivity index (χ0) is 19.6. The van der Waals surface area contributed by atoms with Crippen molar-refractivity contribution >= 4 is 11.2 Å². The van der Waals surface area contributed by atoms with E-state index in [2.05, 4.69) is 10.3 Å². The number of nitrogens with zero attached hydrogens (tertiary/aromatic N) is 4. The van der Waals surface area contributed by atoms with Gasteiger partial charge in [0.05, 0.1) is 19.0 Å². The topological polar surface area (TPSA) is 94.1 Å². The summed E-state index contributed by atoms with van der Waals surface area (Å²) in [6.07, 6.45) is 8.82. The molecule has 4 bridgehead atoms. The summed E-state index contributed by atoms with van der Waals surface area (Å²) in [6, 6.07) is 0. The van der Waals surface area contributed by atoms with E-state index in [1.165, 1.54) is 50.1 Å². The molecule has 0 amide bonds.